The van der Waals surface area contributed by atoms with Crippen LogP contribution in [0.3, 0.4) is 0 Å². The monoisotopic (exact) mass is 267 g/mol. The minimum Gasteiger partial charge on any atom is -0.374 e. The van der Waals surface area contributed by atoms with Gasteiger partial charge in [0.15, 0.2) is 0 Å². The summed E-state index contributed by atoms with van der Waals surface area (Å²) in [6.07, 6.45) is 0.275. The van der Waals surface area contributed by atoms with Crippen molar-refractivity contribution in [2.75, 3.05) is 26.2 Å². The van der Waals surface area contributed by atoms with Crippen LogP contribution in [0.15, 0.2) is 4.52 Å². The van der Waals surface area contributed by atoms with E-state index in [2.05, 4.69) is 29.2 Å². The van der Waals surface area contributed by atoms with Crippen molar-refractivity contribution in [2.24, 2.45) is 0 Å². The maximum atomic E-state index is 5.80. The molecule has 0 radical (unpaired) electrons. The van der Waals surface area contributed by atoms with Gasteiger partial charge < -0.3 is 14.6 Å². The average molecular weight is 267 g/mol. The van der Waals surface area contributed by atoms with E-state index in [1.165, 1.54) is 0 Å². The Morgan fingerprint density at radius 1 is 1.42 bits per heavy atom. The maximum absolute atomic E-state index is 5.80. The molecule has 108 valence electrons. The van der Waals surface area contributed by atoms with E-state index in [1.54, 1.807) is 0 Å². The molecular weight excluding hydrogens is 242 g/mol. The first-order valence-electron chi connectivity index (χ1n) is 7.06. The Morgan fingerprint density at radius 2 is 2.21 bits per heavy atom. The number of morpholine rings is 1. The van der Waals surface area contributed by atoms with Crippen molar-refractivity contribution in [3.8, 4) is 0 Å². The zero-order chi connectivity index (χ0) is 13.8. The van der Waals surface area contributed by atoms with Crippen molar-refractivity contribution in [3.63, 3.8) is 0 Å². The van der Waals surface area contributed by atoms with Crippen molar-refractivity contribution in [3.05, 3.63) is 17.0 Å². The molecule has 0 aliphatic carbocycles. The molecule has 0 bridgehead atoms. The van der Waals surface area contributed by atoms with Gasteiger partial charge in [-0.25, -0.2) is 0 Å². The lowest BCUT2D eigenvalue weighted by Gasteiger charge is -2.35. The van der Waals surface area contributed by atoms with Crippen LogP contribution in [-0.4, -0.2) is 48.4 Å². The Labute approximate surface area is 115 Å². The van der Waals surface area contributed by atoms with Crippen molar-refractivity contribution in [1.82, 2.24) is 15.4 Å². The van der Waals surface area contributed by atoms with E-state index in [1.807, 2.05) is 13.8 Å². The first-order chi connectivity index (χ1) is 9.08. The van der Waals surface area contributed by atoms with Crippen molar-refractivity contribution < 1.29 is 9.26 Å². The van der Waals surface area contributed by atoms with Crippen LogP contribution in [0.2, 0.25) is 0 Å². The number of aryl methyl sites for hydroxylation is 2. The Balaban J connectivity index is 1.77. The molecule has 1 N–H and O–H groups in total. The standard InChI is InChI=1S/C14H25N3O2/c1-10(2)17-5-6-18-13(9-17)7-15-8-14-11(3)16-19-12(14)4/h10,13,15H,5-9H2,1-4H3. The average Bonchev–Trinajstić information content (AvgIpc) is 2.71. The SMILES string of the molecule is Cc1noc(C)c1CNCC1CN(C(C)C)CCO1. The molecule has 0 aromatic carbocycles. The lowest BCUT2D eigenvalue weighted by atomic mass is 10.2. The molecule has 5 nitrogen and oxygen atoms in total. The van der Waals surface area contributed by atoms with E-state index in [4.69, 9.17) is 9.26 Å². The highest BCUT2D eigenvalue weighted by molar-refractivity contribution is 5.20. The largest absolute Gasteiger partial charge is 0.374 e. The van der Waals surface area contributed by atoms with Gasteiger partial charge in [0.1, 0.15) is 5.76 Å². The third-order valence-corrected chi connectivity index (χ3v) is 3.76. The minimum atomic E-state index is 0.275. The quantitative estimate of drug-likeness (QED) is 0.876. The van der Waals surface area contributed by atoms with Gasteiger partial charge in [0.25, 0.3) is 0 Å². The third-order valence-electron chi connectivity index (χ3n) is 3.76. The van der Waals surface area contributed by atoms with E-state index in [0.717, 1.165) is 49.8 Å². The number of hydrogen-bond acceptors (Lipinski definition) is 5. The number of nitrogens with one attached hydrogen (secondary N) is 1. The summed E-state index contributed by atoms with van der Waals surface area (Å²) in [5.41, 5.74) is 2.13. The second kappa shape index (κ2) is 6.50. The minimum absolute atomic E-state index is 0.275. The van der Waals surface area contributed by atoms with Gasteiger partial charge in [-0.15, -0.1) is 0 Å². The Kier molecular flexibility index (Phi) is 4.96. The van der Waals surface area contributed by atoms with Crippen LogP contribution in [0.5, 0.6) is 0 Å². The summed E-state index contributed by atoms with van der Waals surface area (Å²) in [5.74, 6) is 0.901. The highest BCUT2D eigenvalue weighted by Crippen LogP contribution is 2.12. The second-order valence-corrected chi connectivity index (χ2v) is 5.52. The lowest BCUT2D eigenvalue weighted by Crippen LogP contribution is -2.49. The molecular formula is C14H25N3O2. The summed E-state index contributed by atoms with van der Waals surface area (Å²) >= 11 is 0. The summed E-state index contributed by atoms with van der Waals surface area (Å²) in [4.78, 5) is 2.46. The molecule has 5 heteroatoms. The van der Waals surface area contributed by atoms with Gasteiger partial charge in [-0.3, -0.25) is 4.90 Å². The van der Waals surface area contributed by atoms with Crippen molar-refractivity contribution in [1.29, 1.82) is 0 Å². The molecule has 1 saturated heterocycles. The first-order valence-corrected chi connectivity index (χ1v) is 7.06. The van der Waals surface area contributed by atoms with Gasteiger partial charge in [-0.2, -0.15) is 0 Å². The first kappa shape index (κ1) is 14.5. The molecule has 19 heavy (non-hydrogen) atoms. The van der Waals surface area contributed by atoms with Crippen LogP contribution in [0.25, 0.3) is 0 Å². The fourth-order valence-electron chi connectivity index (χ4n) is 2.45. The van der Waals surface area contributed by atoms with Crippen LogP contribution in [0.1, 0.15) is 30.9 Å². The van der Waals surface area contributed by atoms with Gasteiger partial charge in [-0.1, -0.05) is 5.16 Å². The van der Waals surface area contributed by atoms with Crippen molar-refractivity contribution in [2.45, 2.75) is 46.4 Å². The summed E-state index contributed by atoms with van der Waals surface area (Å²) in [5, 5.41) is 7.41. The van der Waals surface area contributed by atoms with Crippen LogP contribution in [0.4, 0.5) is 0 Å². The molecule has 2 heterocycles. The van der Waals surface area contributed by atoms with Gasteiger partial charge in [0.2, 0.25) is 0 Å². The number of rotatable bonds is 5. The topological polar surface area (TPSA) is 50.5 Å². The fourth-order valence-corrected chi connectivity index (χ4v) is 2.45. The second-order valence-electron chi connectivity index (χ2n) is 5.52. The third kappa shape index (κ3) is 3.78. The van der Waals surface area contributed by atoms with Crippen LogP contribution < -0.4 is 5.32 Å². The molecule has 0 spiro atoms. The summed E-state index contributed by atoms with van der Waals surface area (Å²) in [7, 11) is 0. The zero-order valence-corrected chi connectivity index (χ0v) is 12.4. The van der Waals surface area contributed by atoms with E-state index in [0.29, 0.717) is 6.04 Å². The zero-order valence-electron chi connectivity index (χ0n) is 12.4. The number of nitrogens with zero attached hydrogens (tertiary/aromatic N) is 2. The highest BCUT2D eigenvalue weighted by atomic mass is 16.5. The van der Waals surface area contributed by atoms with Crippen LogP contribution in [-0.2, 0) is 11.3 Å². The van der Waals surface area contributed by atoms with E-state index >= 15 is 0 Å². The van der Waals surface area contributed by atoms with Gasteiger partial charge in [-0.05, 0) is 27.7 Å². The number of aromatic nitrogens is 1. The van der Waals surface area contributed by atoms with Gasteiger partial charge in [0.05, 0.1) is 18.4 Å². The highest BCUT2D eigenvalue weighted by Gasteiger charge is 2.22. The van der Waals surface area contributed by atoms with E-state index in [9.17, 15) is 0 Å². The van der Waals surface area contributed by atoms with Gasteiger partial charge in [0, 0.05) is 37.8 Å². The molecule has 2 rings (SSSR count). The summed E-state index contributed by atoms with van der Waals surface area (Å²) in [6, 6.07) is 0.592. The number of hydrogen-bond donors (Lipinski definition) is 1. The maximum Gasteiger partial charge on any atom is 0.138 e. The predicted molar refractivity (Wildman–Crippen MR) is 74.1 cm³/mol. The normalized spacial score (nSPS) is 21.2. The molecule has 1 aromatic rings. The molecule has 1 atom stereocenters. The molecule has 0 amide bonds. The molecule has 1 aromatic heterocycles. The smallest absolute Gasteiger partial charge is 0.138 e. The summed E-state index contributed by atoms with van der Waals surface area (Å²) < 4.78 is 11.0. The fraction of sp³-hybridized carbons (Fsp3) is 0.786. The Bertz CT molecular complexity index is 384. The Hall–Kier alpha value is -0.910. The molecule has 0 saturated carbocycles. The summed E-state index contributed by atoms with van der Waals surface area (Å²) in [6.45, 7) is 12.9. The van der Waals surface area contributed by atoms with Crippen molar-refractivity contribution >= 4 is 0 Å². The molecule has 1 fully saturated rings. The molecule has 1 unspecified atom stereocenters. The Morgan fingerprint density at radius 3 is 2.84 bits per heavy atom. The van der Waals surface area contributed by atoms with E-state index in [-0.39, 0.29) is 6.10 Å². The van der Waals surface area contributed by atoms with Gasteiger partial charge >= 0.3 is 0 Å². The van der Waals surface area contributed by atoms with E-state index < -0.39 is 0 Å². The number of ether oxygens (including phenoxy) is 1. The van der Waals surface area contributed by atoms with Crippen LogP contribution in [0, 0.1) is 13.8 Å². The molecule has 1 aliphatic rings. The van der Waals surface area contributed by atoms with Crippen LogP contribution >= 0.6 is 0 Å². The molecule has 1 aliphatic heterocycles. The lowest BCUT2D eigenvalue weighted by molar-refractivity contribution is -0.0372. The predicted octanol–water partition coefficient (Wildman–Crippen LogP) is 1.49.